The average molecular weight is 486 g/mol. The first-order chi connectivity index (χ1) is 15.3. The highest BCUT2D eigenvalue weighted by Gasteiger charge is 2.31. The van der Waals surface area contributed by atoms with Gasteiger partial charge in [0, 0.05) is 18.9 Å². The average Bonchev–Trinajstić information content (AvgIpc) is 3.25. The summed E-state index contributed by atoms with van der Waals surface area (Å²) in [5, 5.41) is 2.87. The van der Waals surface area contributed by atoms with Gasteiger partial charge in [0.15, 0.2) is 5.03 Å². The third kappa shape index (κ3) is 4.43. The van der Waals surface area contributed by atoms with Gasteiger partial charge in [0.05, 0.1) is 9.79 Å². The molecule has 4 rings (SSSR count). The molecule has 2 heterocycles. The van der Waals surface area contributed by atoms with E-state index in [0.29, 0.717) is 0 Å². The van der Waals surface area contributed by atoms with Gasteiger partial charge in [-0.3, -0.25) is 4.98 Å². The van der Waals surface area contributed by atoms with Crippen LogP contribution in [0.15, 0.2) is 98.3 Å². The van der Waals surface area contributed by atoms with Crippen molar-refractivity contribution >= 4 is 36.0 Å². The first-order valence-corrected chi connectivity index (χ1v) is 13.3. The Morgan fingerprint density at radius 3 is 2.19 bits per heavy atom. The molecule has 10 heteroatoms. The molecule has 32 heavy (non-hydrogen) atoms. The van der Waals surface area contributed by atoms with Crippen LogP contribution in [0, 0.1) is 6.92 Å². The van der Waals surface area contributed by atoms with E-state index in [-0.39, 0.29) is 30.7 Å². The van der Waals surface area contributed by atoms with Gasteiger partial charge < -0.3 is 5.32 Å². The largest absolute Gasteiger partial charge is 0.370 e. The molecular weight excluding hydrogens is 466 g/mol. The maximum absolute atomic E-state index is 13.4. The lowest BCUT2D eigenvalue weighted by atomic mass is 10.2. The minimum absolute atomic E-state index is 0.0430. The molecule has 0 fully saturated rings. The summed E-state index contributed by atoms with van der Waals surface area (Å²) in [6.07, 6.45) is 3.28. The molecule has 0 saturated carbocycles. The Morgan fingerprint density at radius 2 is 1.53 bits per heavy atom. The van der Waals surface area contributed by atoms with Gasteiger partial charge >= 0.3 is 0 Å². The zero-order valence-electron chi connectivity index (χ0n) is 17.0. The number of pyridine rings is 1. The van der Waals surface area contributed by atoms with E-state index in [1.165, 1.54) is 24.3 Å². The fraction of sp³-hybridized carbons (Fsp3) is 0.0909. The van der Waals surface area contributed by atoms with Crippen molar-refractivity contribution in [1.82, 2.24) is 9.97 Å². The van der Waals surface area contributed by atoms with E-state index in [4.69, 9.17) is 0 Å². The van der Waals surface area contributed by atoms with Crippen LogP contribution < -0.4 is 5.32 Å². The second kappa shape index (κ2) is 8.81. The van der Waals surface area contributed by atoms with Crippen LogP contribution >= 0.6 is 11.3 Å². The molecular formula is C22H19N3O4S3. The van der Waals surface area contributed by atoms with Crippen LogP contribution in [0.25, 0.3) is 0 Å². The maximum Gasteiger partial charge on any atom is 0.233 e. The molecule has 164 valence electrons. The fourth-order valence-corrected chi connectivity index (χ4v) is 7.22. The second-order valence-corrected chi connectivity index (χ2v) is 11.9. The molecule has 2 aromatic carbocycles. The normalized spacial score (nSPS) is 11.9. The monoisotopic (exact) mass is 485 g/mol. The molecule has 0 aliphatic heterocycles. The number of benzene rings is 2. The van der Waals surface area contributed by atoms with Gasteiger partial charge in [0.1, 0.15) is 5.00 Å². The van der Waals surface area contributed by atoms with Gasteiger partial charge in [-0.05, 0) is 42.8 Å². The second-order valence-electron chi connectivity index (χ2n) is 6.96. The van der Waals surface area contributed by atoms with Crippen LogP contribution in [0.3, 0.4) is 0 Å². The molecule has 0 aliphatic rings. The van der Waals surface area contributed by atoms with Crippen LogP contribution in [-0.2, 0) is 26.2 Å². The first-order valence-electron chi connectivity index (χ1n) is 9.54. The quantitative estimate of drug-likeness (QED) is 0.420. The predicted molar refractivity (Wildman–Crippen MR) is 122 cm³/mol. The molecule has 4 aromatic rings. The summed E-state index contributed by atoms with van der Waals surface area (Å²) in [4.78, 5) is 8.24. The summed E-state index contributed by atoms with van der Waals surface area (Å²) in [7, 11) is -8.04. The van der Waals surface area contributed by atoms with Crippen LogP contribution in [-0.4, -0.2) is 26.8 Å². The van der Waals surface area contributed by atoms with Crippen molar-refractivity contribution in [2.75, 3.05) is 5.32 Å². The van der Waals surface area contributed by atoms with Gasteiger partial charge in [-0.15, -0.1) is 0 Å². The van der Waals surface area contributed by atoms with E-state index >= 15 is 0 Å². The van der Waals surface area contributed by atoms with E-state index in [2.05, 4.69) is 15.3 Å². The number of aromatic nitrogens is 2. The van der Waals surface area contributed by atoms with Crippen LogP contribution in [0.1, 0.15) is 11.1 Å². The minimum Gasteiger partial charge on any atom is -0.370 e. The Balaban J connectivity index is 1.81. The van der Waals surface area contributed by atoms with E-state index < -0.39 is 19.7 Å². The van der Waals surface area contributed by atoms with Crippen molar-refractivity contribution in [3.05, 3.63) is 90.3 Å². The number of hydrogen-bond donors (Lipinski definition) is 1. The number of sulfone groups is 2. The molecule has 0 amide bonds. The van der Waals surface area contributed by atoms with Crippen molar-refractivity contribution < 1.29 is 16.8 Å². The Kier molecular flexibility index (Phi) is 6.09. The number of thiazole rings is 1. The molecule has 0 radical (unpaired) electrons. The van der Waals surface area contributed by atoms with Crippen LogP contribution in [0.2, 0.25) is 0 Å². The highest BCUT2D eigenvalue weighted by molar-refractivity contribution is 7.94. The standard InChI is InChI=1S/C22H19N3O4S3/c1-16-9-11-19(12-10-16)31(26,27)21-20(24-15-17-6-5-13-23-14-17)30-22(25-21)32(28,29)18-7-3-2-4-8-18/h2-14,24H,15H2,1H3. The van der Waals surface area contributed by atoms with Crippen molar-refractivity contribution in [2.45, 2.75) is 32.6 Å². The number of rotatable bonds is 7. The summed E-state index contributed by atoms with van der Waals surface area (Å²) in [6.45, 7) is 2.11. The maximum atomic E-state index is 13.4. The number of anilines is 1. The van der Waals surface area contributed by atoms with Gasteiger partial charge in [0.25, 0.3) is 0 Å². The zero-order chi connectivity index (χ0) is 22.8. The van der Waals surface area contributed by atoms with Crippen LogP contribution in [0.4, 0.5) is 5.00 Å². The number of nitrogens with one attached hydrogen (secondary N) is 1. The van der Waals surface area contributed by atoms with E-state index in [0.717, 1.165) is 22.5 Å². The molecule has 0 aliphatic carbocycles. The fourth-order valence-electron chi connectivity index (χ4n) is 2.91. The first kappa shape index (κ1) is 22.1. The predicted octanol–water partition coefficient (Wildman–Crippen LogP) is 4.12. The van der Waals surface area contributed by atoms with Crippen LogP contribution in [0.5, 0.6) is 0 Å². The summed E-state index contributed by atoms with van der Waals surface area (Å²) in [5.74, 6) is 0. The lowest BCUT2D eigenvalue weighted by molar-refractivity contribution is 0.589. The SMILES string of the molecule is Cc1ccc(S(=O)(=O)c2nc(S(=O)(=O)c3ccccc3)sc2NCc2cccnc2)cc1. The highest BCUT2D eigenvalue weighted by atomic mass is 32.2. The third-order valence-electron chi connectivity index (χ3n) is 4.62. The molecule has 1 N–H and O–H groups in total. The smallest absolute Gasteiger partial charge is 0.233 e. The summed E-state index contributed by atoms with van der Waals surface area (Å²) in [5.41, 5.74) is 1.72. The van der Waals surface area contributed by atoms with Crippen molar-refractivity contribution in [2.24, 2.45) is 0 Å². The zero-order valence-corrected chi connectivity index (χ0v) is 19.4. The number of nitrogens with zero attached hydrogens (tertiary/aromatic N) is 2. The lowest BCUT2D eigenvalue weighted by Gasteiger charge is -2.07. The number of hydrogen-bond acceptors (Lipinski definition) is 8. The summed E-state index contributed by atoms with van der Waals surface area (Å²) < 4.78 is 52.6. The Morgan fingerprint density at radius 1 is 0.844 bits per heavy atom. The Bertz CT molecular complexity index is 1430. The third-order valence-corrected chi connectivity index (χ3v) is 9.61. The minimum atomic E-state index is -4.06. The van der Waals surface area contributed by atoms with E-state index in [1.54, 1.807) is 48.8 Å². The molecule has 0 atom stereocenters. The van der Waals surface area contributed by atoms with Crippen molar-refractivity contribution in [1.29, 1.82) is 0 Å². The van der Waals surface area contributed by atoms with E-state index in [1.807, 2.05) is 13.0 Å². The highest BCUT2D eigenvalue weighted by Crippen LogP contribution is 2.37. The van der Waals surface area contributed by atoms with E-state index in [9.17, 15) is 16.8 Å². The van der Waals surface area contributed by atoms with Crippen molar-refractivity contribution in [3.63, 3.8) is 0 Å². The summed E-state index contributed by atoms with van der Waals surface area (Å²) in [6, 6.07) is 17.7. The summed E-state index contributed by atoms with van der Waals surface area (Å²) >= 11 is 0.795. The molecule has 0 saturated heterocycles. The molecule has 2 aromatic heterocycles. The van der Waals surface area contributed by atoms with Gasteiger partial charge in [-0.25, -0.2) is 21.8 Å². The molecule has 0 unspecified atom stereocenters. The van der Waals surface area contributed by atoms with Crippen molar-refractivity contribution in [3.8, 4) is 0 Å². The topological polar surface area (TPSA) is 106 Å². The molecule has 0 spiro atoms. The molecule has 0 bridgehead atoms. The Labute approximate surface area is 190 Å². The van der Waals surface area contributed by atoms with Gasteiger partial charge in [-0.2, -0.15) is 0 Å². The Hall–Kier alpha value is -3.08. The molecule has 7 nitrogen and oxygen atoms in total. The number of aryl methyl sites for hydroxylation is 1. The van der Waals surface area contributed by atoms with Gasteiger partial charge in [-0.1, -0.05) is 53.3 Å². The van der Waals surface area contributed by atoms with Gasteiger partial charge in [0.2, 0.25) is 24.0 Å². The lowest BCUT2D eigenvalue weighted by Crippen LogP contribution is -2.08.